The van der Waals surface area contributed by atoms with Crippen molar-refractivity contribution in [3.63, 3.8) is 0 Å². The number of nitrogens with two attached hydrogens (primary N) is 1. The Bertz CT molecular complexity index is 1100. The molecule has 4 rings (SSSR count). The number of esters is 1. The number of hydrogen-bond donors (Lipinski definition) is 2. The maximum absolute atomic E-state index is 12.2. The molecular formula is C25H35N7O2. The van der Waals surface area contributed by atoms with Gasteiger partial charge in [0.2, 0.25) is 0 Å². The SMILES string of the molecule is Cc1cnn2c(NCc3cccnc3)cc(N3CCCC[C@H]3CCOC(=O)[C@@H](N)C(C)C)nc12. The highest BCUT2D eigenvalue weighted by molar-refractivity contribution is 5.75. The molecule has 3 aromatic heterocycles. The van der Waals surface area contributed by atoms with Gasteiger partial charge in [-0.05, 0) is 43.7 Å². The van der Waals surface area contributed by atoms with Crippen molar-refractivity contribution in [2.45, 2.75) is 65.1 Å². The van der Waals surface area contributed by atoms with Gasteiger partial charge in [0.05, 0.1) is 12.8 Å². The number of carbonyl (C=O) groups excluding carboxylic acids is 1. The molecule has 0 radical (unpaired) electrons. The van der Waals surface area contributed by atoms with Gasteiger partial charge in [0.1, 0.15) is 17.7 Å². The molecule has 0 aromatic carbocycles. The first-order valence-corrected chi connectivity index (χ1v) is 12.1. The van der Waals surface area contributed by atoms with Gasteiger partial charge in [-0.3, -0.25) is 9.78 Å². The Morgan fingerprint density at radius 3 is 2.94 bits per heavy atom. The summed E-state index contributed by atoms with van der Waals surface area (Å²) in [6.07, 6.45) is 9.52. The lowest BCUT2D eigenvalue weighted by Gasteiger charge is -2.37. The van der Waals surface area contributed by atoms with Crippen LogP contribution in [0.1, 0.15) is 50.7 Å². The van der Waals surface area contributed by atoms with Crippen LogP contribution in [-0.4, -0.2) is 50.8 Å². The zero-order chi connectivity index (χ0) is 24.1. The second-order valence-electron chi connectivity index (χ2n) is 9.35. The van der Waals surface area contributed by atoms with Crippen molar-refractivity contribution in [2.75, 3.05) is 23.4 Å². The minimum Gasteiger partial charge on any atom is -0.464 e. The Hall–Kier alpha value is -3.20. The summed E-state index contributed by atoms with van der Waals surface area (Å²) in [7, 11) is 0. The smallest absolute Gasteiger partial charge is 0.323 e. The molecular weight excluding hydrogens is 430 g/mol. The van der Waals surface area contributed by atoms with E-state index in [2.05, 4.69) is 26.4 Å². The number of nitrogens with one attached hydrogen (secondary N) is 1. The van der Waals surface area contributed by atoms with Crippen LogP contribution in [0.2, 0.25) is 0 Å². The molecule has 182 valence electrons. The lowest BCUT2D eigenvalue weighted by molar-refractivity contribution is -0.146. The van der Waals surface area contributed by atoms with Gasteiger partial charge in [0, 0.05) is 49.6 Å². The van der Waals surface area contributed by atoms with Crippen LogP contribution in [-0.2, 0) is 16.1 Å². The van der Waals surface area contributed by atoms with E-state index in [4.69, 9.17) is 15.5 Å². The van der Waals surface area contributed by atoms with E-state index in [1.807, 2.05) is 49.8 Å². The molecule has 1 aliphatic heterocycles. The van der Waals surface area contributed by atoms with Gasteiger partial charge in [-0.15, -0.1) is 0 Å². The minimum absolute atomic E-state index is 0.0612. The number of aromatic nitrogens is 4. The Balaban J connectivity index is 1.52. The highest BCUT2D eigenvalue weighted by Crippen LogP contribution is 2.29. The third-order valence-corrected chi connectivity index (χ3v) is 6.44. The quantitative estimate of drug-likeness (QED) is 0.463. The lowest BCUT2D eigenvalue weighted by Crippen LogP contribution is -2.42. The summed E-state index contributed by atoms with van der Waals surface area (Å²) in [6, 6.07) is 5.71. The van der Waals surface area contributed by atoms with E-state index >= 15 is 0 Å². The van der Waals surface area contributed by atoms with E-state index in [-0.39, 0.29) is 17.9 Å². The average molecular weight is 466 g/mol. The van der Waals surface area contributed by atoms with Gasteiger partial charge in [-0.1, -0.05) is 19.9 Å². The molecule has 34 heavy (non-hydrogen) atoms. The fraction of sp³-hybridized carbons (Fsp3) is 0.520. The zero-order valence-corrected chi connectivity index (χ0v) is 20.3. The average Bonchev–Trinajstić information content (AvgIpc) is 3.23. The van der Waals surface area contributed by atoms with Crippen LogP contribution >= 0.6 is 0 Å². The van der Waals surface area contributed by atoms with E-state index in [0.29, 0.717) is 13.2 Å². The summed E-state index contributed by atoms with van der Waals surface area (Å²) in [5.74, 6) is 1.54. The number of aryl methyl sites for hydroxylation is 1. The molecule has 9 nitrogen and oxygen atoms in total. The third-order valence-electron chi connectivity index (χ3n) is 6.44. The standard InChI is InChI=1S/C25H35N7O2/c1-17(2)23(26)25(33)34-12-9-20-8-4-5-11-31(20)22-13-21(28-16-19-7-6-10-27-15-19)32-24(30-22)18(3)14-29-32/h6-7,10,13-15,17,20,23,28H,4-5,8-9,11-12,16,26H2,1-3H3/t20-,23-/m0/s1. The molecule has 0 aliphatic carbocycles. The molecule has 1 saturated heterocycles. The molecule has 3 aromatic rings. The molecule has 0 saturated carbocycles. The van der Waals surface area contributed by atoms with E-state index in [0.717, 1.165) is 60.6 Å². The topological polar surface area (TPSA) is 111 Å². The van der Waals surface area contributed by atoms with Crippen molar-refractivity contribution in [1.82, 2.24) is 19.6 Å². The van der Waals surface area contributed by atoms with Crippen LogP contribution < -0.4 is 16.0 Å². The molecule has 0 spiro atoms. The van der Waals surface area contributed by atoms with Crippen molar-refractivity contribution in [1.29, 1.82) is 0 Å². The predicted octanol–water partition coefficient (Wildman–Crippen LogP) is 3.32. The fourth-order valence-corrected chi connectivity index (χ4v) is 4.29. The highest BCUT2D eigenvalue weighted by atomic mass is 16.5. The Kier molecular flexibility index (Phi) is 7.62. The fourth-order valence-electron chi connectivity index (χ4n) is 4.29. The first-order chi connectivity index (χ1) is 16.4. The number of ether oxygens (including phenoxy) is 1. The van der Waals surface area contributed by atoms with Gasteiger partial charge in [-0.25, -0.2) is 4.98 Å². The first kappa shape index (κ1) is 23.9. The van der Waals surface area contributed by atoms with Gasteiger partial charge in [0.25, 0.3) is 0 Å². The number of pyridine rings is 1. The molecule has 1 aliphatic rings. The largest absolute Gasteiger partial charge is 0.464 e. The van der Waals surface area contributed by atoms with Crippen LogP contribution in [0.3, 0.4) is 0 Å². The molecule has 3 N–H and O–H groups in total. The van der Waals surface area contributed by atoms with Crippen LogP contribution in [0.4, 0.5) is 11.6 Å². The summed E-state index contributed by atoms with van der Waals surface area (Å²) >= 11 is 0. The second kappa shape index (κ2) is 10.8. The molecule has 4 heterocycles. The van der Waals surface area contributed by atoms with E-state index in [9.17, 15) is 4.79 Å². The summed E-state index contributed by atoms with van der Waals surface area (Å²) in [4.78, 5) is 23.7. The van der Waals surface area contributed by atoms with Crippen molar-refractivity contribution in [2.24, 2.45) is 11.7 Å². The molecule has 9 heteroatoms. The Labute approximate surface area is 200 Å². The monoisotopic (exact) mass is 465 g/mol. The highest BCUT2D eigenvalue weighted by Gasteiger charge is 2.26. The number of anilines is 2. The van der Waals surface area contributed by atoms with Crippen molar-refractivity contribution >= 4 is 23.3 Å². The molecule has 2 atom stereocenters. The molecule has 0 bridgehead atoms. The van der Waals surface area contributed by atoms with Crippen LogP contribution in [0.15, 0.2) is 36.8 Å². The van der Waals surface area contributed by atoms with Gasteiger partial charge >= 0.3 is 5.97 Å². The molecule has 0 unspecified atom stereocenters. The van der Waals surface area contributed by atoms with E-state index < -0.39 is 6.04 Å². The van der Waals surface area contributed by atoms with E-state index in [1.54, 1.807) is 6.20 Å². The minimum atomic E-state index is -0.579. The van der Waals surface area contributed by atoms with E-state index in [1.165, 1.54) is 0 Å². The Morgan fingerprint density at radius 1 is 1.32 bits per heavy atom. The third kappa shape index (κ3) is 5.47. The lowest BCUT2D eigenvalue weighted by atomic mass is 9.99. The van der Waals surface area contributed by atoms with Crippen molar-refractivity contribution < 1.29 is 9.53 Å². The van der Waals surface area contributed by atoms with Crippen molar-refractivity contribution in [3.05, 3.63) is 47.9 Å². The number of carbonyl (C=O) groups is 1. The van der Waals surface area contributed by atoms with Gasteiger partial charge < -0.3 is 20.7 Å². The molecule has 1 fully saturated rings. The summed E-state index contributed by atoms with van der Waals surface area (Å²) in [5, 5.41) is 8.03. The zero-order valence-electron chi connectivity index (χ0n) is 20.3. The number of piperidine rings is 1. The summed E-state index contributed by atoms with van der Waals surface area (Å²) in [6.45, 7) is 7.79. The first-order valence-electron chi connectivity index (χ1n) is 12.1. The number of fused-ring (bicyclic) bond motifs is 1. The van der Waals surface area contributed by atoms with Gasteiger partial charge in [0.15, 0.2) is 5.65 Å². The summed E-state index contributed by atoms with van der Waals surface area (Å²) in [5.41, 5.74) is 8.88. The van der Waals surface area contributed by atoms with Crippen LogP contribution in [0, 0.1) is 12.8 Å². The maximum Gasteiger partial charge on any atom is 0.323 e. The molecule has 0 amide bonds. The number of nitrogens with zero attached hydrogens (tertiary/aromatic N) is 5. The second-order valence-corrected chi connectivity index (χ2v) is 9.35. The number of hydrogen-bond acceptors (Lipinski definition) is 8. The van der Waals surface area contributed by atoms with Crippen molar-refractivity contribution in [3.8, 4) is 0 Å². The maximum atomic E-state index is 12.2. The number of rotatable bonds is 9. The predicted molar refractivity (Wildman–Crippen MR) is 133 cm³/mol. The Morgan fingerprint density at radius 2 is 2.18 bits per heavy atom. The summed E-state index contributed by atoms with van der Waals surface area (Å²) < 4.78 is 7.35. The van der Waals surface area contributed by atoms with Gasteiger partial charge in [-0.2, -0.15) is 9.61 Å². The van der Waals surface area contributed by atoms with Crippen LogP contribution in [0.5, 0.6) is 0 Å². The normalized spacial score (nSPS) is 17.2. The van der Waals surface area contributed by atoms with Crippen LogP contribution in [0.25, 0.3) is 5.65 Å².